The molecule has 8 nitrogen and oxygen atoms in total. The maximum atomic E-state index is 2.50. The van der Waals surface area contributed by atoms with Crippen LogP contribution in [0.15, 0.2) is 413 Å². The van der Waals surface area contributed by atoms with Gasteiger partial charge in [-0.1, -0.05) is 250 Å². The summed E-state index contributed by atoms with van der Waals surface area (Å²) in [5, 5.41) is 0. The summed E-state index contributed by atoms with van der Waals surface area (Å²) < 4.78 is 0. The first kappa shape index (κ1) is 79.7. The number of hydrogen-bond donors (Lipinski definition) is 0. The minimum absolute atomic E-state index is 0.0244. The van der Waals surface area contributed by atoms with Gasteiger partial charge in [-0.25, -0.2) is 0 Å². The van der Waals surface area contributed by atoms with Crippen molar-refractivity contribution in [3.63, 3.8) is 0 Å². The Labute approximate surface area is 754 Å². The summed E-state index contributed by atoms with van der Waals surface area (Å²) in [4.78, 5) is 19.5. The van der Waals surface area contributed by atoms with Crippen LogP contribution in [-0.2, 0) is 0 Å². The molecule has 0 fully saturated rings. The number of anilines is 24. The molecule has 18 aromatic carbocycles. The van der Waals surface area contributed by atoms with Crippen LogP contribution in [0.1, 0.15) is 55.6 Å². The quantitative estimate of drug-likeness (QED) is 0.0883. The lowest BCUT2D eigenvalue weighted by atomic mass is 9.33. The number of rotatable bonds is 16. The lowest BCUT2D eigenvalue weighted by Crippen LogP contribution is -2.61. The molecule has 18 aromatic rings. The Bertz CT molecular complexity index is 6550. The van der Waals surface area contributed by atoms with E-state index in [4.69, 9.17) is 0 Å². The largest absolute Gasteiger partial charge is 0.311 e. The van der Waals surface area contributed by atoms with Crippen molar-refractivity contribution in [2.45, 2.75) is 69.2 Å². The van der Waals surface area contributed by atoms with Crippen LogP contribution in [0.4, 0.5) is 136 Å². The average Bonchev–Trinajstić information content (AvgIpc) is 0.700. The summed E-state index contributed by atoms with van der Waals surface area (Å²) in [6.45, 7) is 21.5. The molecule has 0 saturated heterocycles. The molecule has 4 aliphatic rings. The van der Waals surface area contributed by atoms with Gasteiger partial charge in [0.1, 0.15) is 0 Å². The summed E-state index contributed by atoms with van der Waals surface area (Å²) in [6, 6.07) is 153. The summed E-state index contributed by atoms with van der Waals surface area (Å²) in [5.74, 6) is 0. The summed E-state index contributed by atoms with van der Waals surface area (Å²) in [7, 11) is 0. The van der Waals surface area contributed by atoms with Crippen molar-refractivity contribution in [3.8, 4) is 0 Å². The van der Waals surface area contributed by atoms with E-state index in [0.717, 1.165) is 91.0 Å². The van der Waals surface area contributed by atoms with Gasteiger partial charge in [0, 0.05) is 136 Å². The first-order valence-corrected chi connectivity index (χ1v) is 44.6. The maximum Gasteiger partial charge on any atom is 0.252 e. The van der Waals surface area contributed by atoms with E-state index in [9.17, 15) is 0 Å². The fourth-order valence-corrected chi connectivity index (χ4v) is 19.4. The predicted molar refractivity (Wildman–Crippen MR) is 547 cm³/mol. The Morgan fingerprint density at radius 1 is 0.148 bits per heavy atom. The van der Waals surface area contributed by atoms with Crippen LogP contribution < -0.4 is 72.0 Å². The fourth-order valence-electron chi connectivity index (χ4n) is 19.4. The van der Waals surface area contributed by atoms with Crippen molar-refractivity contribution < 1.29 is 0 Å². The summed E-state index contributed by atoms with van der Waals surface area (Å²) >= 11 is 0. The van der Waals surface area contributed by atoms with Crippen molar-refractivity contribution >= 4 is 183 Å². The monoisotopic (exact) mass is 1650 g/mol. The van der Waals surface area contributed by atoms with E-state index < -0.39 is 0 Å². The molecule has 0 atom stereocenters. The molecule has 616 valence electrons. The Morgan fingerprint density at radius 2 is 0.312 bits per heavy atom. The Morgan fingerprint density at radius 3 is 0.500 bits per heavy atom. The highest BCUT2D eigenvalue weighted by atomic mass is 15.2. The lowest BCUT2D eigenvalue weighted by Gasteiger charge is -2.44. The van der Waals surface area contributed by atoms with E-state index in [1.54, 1.807) is 0 Å². The number of hydrogen-bond acceptors (Lipinski definition) is 8. The molecular weight excluding hydrogens is 1550 g/mol. The van der Waals surface area contributed by atoms with Crippen molar-refractivity contribution in [1.82, 2.24) is 0 Å². The Balaban J connectivity index is 0.000000156. The van der Waals surface area contributed by atoms with Gasteiger partial charge < -0.3 is 39.2 Å². The SMILES string of the molecule is Cc1ccc(N(c2ccc(C)cc2)c2ccc3c(c2)N(c2ccc(C)cc2)c2cccc4c2B3c2ccc(N(c3ccc(C)cc3)c3ccc(C)cc3)cc2N4c2ccc(C)cc2)cc1.Cc1ccc(N(c2ccc(C)cc2)c2ccc3c(c2)N(c2ccccc2)c2cccc4c2B3c2ccc(N(c3ccc(C)cc3)c3ccc(C)cc3)cc2N4c2ccccc2)cc1. The molecule has 0 saturated carbocycles. The van der Waals surface area contributed by atoms with Crippen molar-refractivity contribution in [2.24, 2.45) is 0 Å². The third kappa shape index (κ3) is 14.7. The minimum Gasteiger partial charge on any atom is -0.311 e. The molecular formula is C118H98B2N8. The second-order valence-electron chi connectivity index (χ2n) is 35.0. The van der Waals surface area contributed by atoms with Gasteiger partial charge in [-0.3, -0.25) is 0 Å². The Kier molecular flexibility index (Phi) is 20.7. The topological polar surface area (TPSA) is 25.9 Å². The number of para-hydroxylation sites is 2. The fraction of sp³-hybridized carbons (Fsp3) is 0.0847. The van der Waals surface area contributed by atoms with Gasteiger partial charge in [-0.2, -0.15) is 0 Å². The van der Waals surface area contributed by atoms with Gasteiger partial charge in [-0.15, -0.1) is 0 Å². The van der Waals surface area contributed by atoms with Gasteiger partial charge in [0.05, 0.1) is 0 Å². The molecule has 4 aliphatic heterocycles. The molecule has 0 bridgehead atoms. The number of nitrogens with zero attached hydrogens (tertiary/aromatic N) is 8. The maximum absolute atomic E-state index is 2.50. The van der Waals surface area contributed by atoms with Crippen molar-refractivity contribution in [3.05, 3.63) is 468 Å². The van der Waals surface area contributed by atoms with Crippen LogP contribution in [-0.4, -0.2) is 13.4 Å². The molecule has 0 N–H and O–H groups in total. The lowest BCUT2D eigenvalue weighted by molar-refractivity contribution is 1.22. The van der Waals surface area contributed by atoms with E-state index in [-0.39, 0.29) is 13.4 Å². The zero-order chi connectivity index (χ0) is 87.0. The van der Waals surface area contributed by atoms with E-state index in [2.05, 4.69) is 521 Å². The third-order valence-electron chi connectivity index (χ3n) is 25.9. The van der Waals surface area contributed by atoms with Crippen LogP contribution in [0.3, 0.4) is 0 Å². The molecule has 128 heavy (non-hydrogen) atoms. The van der Waals surface area contributed by atoms with Gasteiger partial charge in [0.2, 0.25) is 0 Å². The molecule has 10 heteroatoms. The van der Waals surface area contributed by atoms with Crippen LogP contribution >= 0.6 is 0 Å². The molecule has 0 spiro atoms. The zero-order valence-corrected chi connectivity index (χ0v) is 74.0. The molecule has 0 aromatic heterocycles. The molecule has 0 amide bonds. The minimum atomic E-state index is -0.0305. The highest BCUT2D eigenvalue weighted by molar-refractivity contribution is 7.01. The summed E-state index contributed by atoms with van der Waals surface area (Å²) in [6.07, 6.45) is 0. The van der Waals surface area contributed by atoms with Gasteiger partial charge in [0.15, 0.2) is 0 Å². The van der Waals surface area contributed by atoms with E-state index in [1.807, 2.05) is 0 Å². The van der Waals surface area contributed by atoms with Crippen LogP contribution in [0, 0.1) is 69.2 Å². The van der Waals surface area contributed by atoms with Crippen molar-refractivity contribution in [1.29, 1.82) is 0 Å². The van der Waals surface area contributed by atoms with Gasteiger partial charge in [-0.05, 0) is 320 Å². The standard InChI is InChI=1S/C60H51BN4.C58H47BN4/c1-40-10-22-46(23-11-40)62(47-24-12-41(2)13-25-47)52-34-36-54-58(38-52)64(50-30-18-44(5)19-31-50)56-8-7-9-57-60(56)61(54)55-37-35-53(39-59(55)65(57)51-32-20-45(6)21-33-51)63(48-26-14-42(3)15-27-48)49-28-16-43(4)17-29-49;1-40-18-26-46(27-19-40)60(47-28-20-41(2)21-29-47)50-34-36-52-56(38-50)62(44-12-7-5-8-13-44)54-16-11-17-55-58(54)59(52)53-37-35-51(39-57(53)63(55)45-14-9-6-10-15-45)61(48-30-22-42(3)23-31-48)49-32-24-43(4)25-33-49/h7-39H,1-6H3;5-39H,1-4H3. The molecule has 0 unspecified atom stereocenters. The predicted octanol–water partition coefficient (Wildman–Crippen LogP) is 28.5. The normalized spacial score (nSPS) is 12.4. The second-order valence-corrected chi connectivity index (χ2v) is 35.0. The zero-order valence-electron chi connectivity index (χ0n) is 74.0. The highest BCUT2D eigenvalue weighted by Crippen LogP contribution is 2.52. The molecule has 0 aliphatic carbocycles. The number of benzene rings is 18. The van der Waals surface area contributed by atoms with Gasteiger partial charge >= 0.3 is 0 Å². The van der Waals surface area contributed by atoms with Crippen LogP contribution in [0.25, 0.3) is 0 Å². The van der Waals surface area contributed by atoms with Crippen LogP contribution in [0.2, 0.25) is 0 Å². The third-order valence-corrected chi connectivity index (χ3v) is 25.9. The highest BCUT2D eigenvalue weighted by Gasteiger charge is 2.46. The summed E-state index contributed by atoms with van der Waals surface area (Å²) in [5.41, 5.74) is 47.4. The molecule has 4 heterocycles. The van der Waals surface area contributed by atoms with Crippen molar-refractivity contribution in [2.75, 3.05) is 39.2 Å². The average molecular weight is 1650 g/mol. The number of fused-ring (bicyclic) bond motifs is 8. The first-order valence-electron chi connectivity index (χ1n) is 44.6. The molecule has 0 radical (unpaired) electrons. The van der Waals surface area contributed by atoms with E-state index in [1.165, 1.54) is 134 Å². The van der Waals surface area contributed by atoms with Crippen LogP contribution in [0.5, 0.6) is 0 Å². The van der Waals surface area contributed by atoms with E-state index in [0.29, 0.717) is 0 Å². The smallest absolute Gasteiger partial charge is 0.252 e. The Hall–Kier alpha value is -15.5. The number of aryl methyl sites for hydroxylation is 10. The van der Waals surface area contributed by atoms with Gasteiger partial charge in [0.25, 0.3) is 13.4 Å². The molecule has 22 rings (SSSR count). The first-order chi connectivity index (χ1) is 62.6. The second kappa shape index (κ2) is 33.2. The van der Waals surface area contributed by atoms with E-state index >= 15 is 0 Å².